The predicted molar refractivity (Wildman–Crippen MR) is 133 cm³/mol. The fourth-order valence-corrected chi connectivity index (χ4v) is 7.25. The van der Waals surface area contributed by atoms with Gasteiger partial charge in [0.05, 0.1) is 5.41 Å². The molecule has 2 amide bonds. The van der Waals surface area contributed by atoms with E-state index in [4.69, 9.17) is 4.52 Å². The molecule has 0 bridgehead atoms. The third kappa shape index (κ3) is 4.52. The predicted octanol–water partition coefficient (Wildman–Crippen LogP) is 4.59. The molecule has 0 radical (unpaired) electrons. The molecule has 5 rings (SSSR count). The summed E-state index contributed by atoms with van der Waals surface area (Å²) in [4.78, 5) is 23.6. The van der Waals surface area contributed by atoms with Crippen molar-refractivity contribution in [1.29, 1.82) is 0 Å². The number of piperazine rings is 1. The molecule has 1 N–H and O–H groups in total. The number of nitrogens with one attached hydrogen (secondary N) is 1. The Labute approximate surface area is 213 Å². The number of anilines is 1. The van der Waals surface area contributed by atoms with E-state index in [0.29, 0.717) is 24.8 Å². The van der Waals surface area contributed by atoms with Crippen LogP contribution in [0.2, 0.25) is 0 Å². The number of nitrogens with zero attached hydrogens (tertiary/aromatic N) is 5. The molecule has 4 fully saturated rings. The van der Waals surface area contributed by atoms with Crippen molar-refractivity contribution in [1.82, 2.24) is 24.8 Å². The summed E-state index contributed by atoms with van der Waals surface area (Å²) in [6.07, 6.45) is 4.98. The van der Waals surface area contributed by atoms with Crippen LogP contribution in [-0.2, 0) is 5.41 Å². The van der Waals surface area contributed by atoms with Gasteiger partial charge in [0.25, 0.3) is 11.9 Å². The van der Waals surface area contributed by atoms with Gasteiger partial charge in [-0.15, -0.1) is 0 Å². The average Bonchev–Trinajstić information content (AvgIpc) is 3.16. The number of amides is 2. The molecule has 0 unspecified atom stereocenters. The average molecular weight is 509 g/mol. The van der Waals surface area contributed by atoms with E-state index in [1.54, 1.807) is 4.90 Å². The van der Waals surface area contributed by atoms with Crippen LogP contribution < -0.4 is 5.32 Å². The third-order valence-electron chi connectivity index (χ3n) is 9.70. The van der Waals surface area contributed by atoms with Crippen LogP contribution in [0.1, 0.15) is 78.5 Å². The van der Waals surface area contributed by atoms with Crippen molar-refractivity contribution < 1.29 is 18.1 Å². The molecular weight excluding hydrogens is 466 g/mol. The molecule has 0 spiro atoms. The van der Waals surface area contributed by atoms with E-state index in [2.05, 4.69) is 39.1 Å². The molecule has 0 aromatic carbocycles. The third-order valence-corrected chi connectivity index (χ3v) is 9.70. The SMILES string of the molecule is CC(C)N1CCN([C@H]2CCCC(F)(F)[C@@H]2[C@]2(C)C[C@@]2(C)c2nc(NC(=O)N3CCCCC3)no2)CC1. The van der Waals surface area contributed by atoms with Gasteiger partial charge in [-0.2, -0.15) is 4.98 Å². The Morgan fingerprint density at radius 3 is 2.42 bits per heavy atom. The van der Waals surface area contributed by atoms with Crippen molar-refractivity contribution in [2.24, 2.45) is 11.3 Å². The molecule has 1 aromatic heterocycles. The number of urea groups is 1. The minimum atomic E-state index is -2.74. The molecule has 10 heteroatoms. The van der Waals surface area contributed by atoms with Crippen LogP contribution in [0.5, 0.6) is 0 Å². The van der Waals surface area contributed by atoms with Crippen molar-refractivity contribution >= 4 is 12.0 Å². The van der Waals surface area contributed by atoms with Gasteiger partial charge in [-0.3, -0.25) is 15.1 Å². The molecule has 4 aliphatic rings. The van der Waals surface area contributed by atoms with E-state index in [-0.39, 0.29) is 24.4 Å². The Hall–Kier alpha value is -1.81. The zero-order valence-electron chi connectivity index (χ0n) is 22.2. The lowest BCUT2D eigenvalue weighted by Crippen LogP contribution is -2.59. The number of hydrogen-bond donors (Lipinski definition) is 1. The van der Waals surface area contributed by atoms with Gasteiger partial charge >= 0.3 is 6.03 Å². The number of alkyl halides is 2. The summed E-state index contributed by atoms with van der Waals surface area (Å²) >= 11 is 0. The topological polar surface area (TPSA) is 77.7 Å². The molecule has 2 aliphatic heterocycles. The molecule has 36 heavy (non-hydrogen) atoms. The second kappa shape index (κ2) is 9.49. The van der Waals surface area contributed by atoms with E-state index in [1.807, 2.05) is 13.8 Å². The maximum Gasteiger partial charge on any atom is 0.324 e. The van der Waals surface area contributed by atoms with Crippen LogP contribution in [-0.4, -0.2) is 88.1 Å². The van der Waals surface area contributed by atoms with Gasteiger partial charge in [0.15, 0.2) is 0 Å². The first-order chi connectivity index (χ1) is 17.0. The lowest BCUT2D eigenvalue weighted by molar-refractivity contribution is -0.151. The summed E-state index contributed by atoms with van der Waals surface area (Å²) in [5, 5.41) is 6.73. The van der Waals surface area contributed by atoms with Gasteiger partial charge in [0.1, 0.15) is 0 Å². The van der Waals surface area contributed by atoms with E-state index in [1.165, 1.54) is 0 Å². The van der Waals surface area contributed by atoms with Gasteiger partial charge < -0.3 is 9.42 Å². The Balaban J connectivity index is 1.32. The first-order valence-electron chi connectivity index (χ1n) is 13.8. The van der Waals surface area contributed by atoms with Crippen molar-refractivity contribution in [3.05, 3.63) is 5.89 Å². The minimum Gasteiger partial charge on any atom is -0.337 e. The summed E-state index contributed by atoms with van der Waals surface area (Å²) in [7, 11) is 0. The van der Waals surface area contributed by atoms with E-state index in [0.717, 1.165) is 65.0 Å². The normalized spacial score (nSPS) is 35.7. The fourth-order valence-electron chi connectivity index (χ4n) is 7.25. The lowest BCUT2D eigenvalue weighted by atomic mass is 9.68. The van der Waals surface area contributed by atoms with E-state index < -0.39 is 22.7 Å². The summed E-state index contributed by atoms with van der Waals surface area (Å²) in [5.74, 6) is -3.04. The monoisotopic (exact) mass is 508 g/mol. The Morgan fingerprint density at radius 1 is 1.06 bits per heavy atom. The molecule has 1 aromatic rings. The first kappa shape index (κ1) is 25.8. The highest BCUT2D eigenvalue weighted by Crippen LogP contribution is 2.72. The lowest BCUT2D eigenvalue weighted by Gasteiger charge is -2.50. The molecule has 2 saturated carbocycles. The maximum atomic E-state index is 15.7. The second-order valence-corrected chi connectivity index (χ2v) is 12.2. The van der Waals surface area contributed by atoms with Crippen molar-refractivity contribution in [2.45, 2.75) is 96.1 Å². The van der Waals surface area contributed by atoms with E-state index in [9.17, 15) is 4.79 Å². The van der Waals surface area contributed by atoms with Crippen LogP contribution in [0.15, 0.2) is 4.52 Å². The maximum absolute atomic E-state index is 15.7. The zero-order chi connectivity index (χ0) is 25.7. The highest BCUT2D eigenvalue weighted by molar-refractivity contribution is 5.87. The Bertz CT molecular complexity index is 943. The molecule has 202 valence electrons. The number of hydrogen-bond acceptors (Lipinski definition) is 6. The van der Waals surface area contributed by atoms with Crippen molar-refractivity contribution in [3.63, 3.8) is 0 Å². The summed E-state index contributed by atoms with van der Waals surface area (Å²) in [5.41, 5.74) is -1.30. The van der Waals surface area contributed by atoms with Crippen LogP contribution in [0.3, 0.4) is 0 Å². The van der Waals surface area contributed by atoms with Gasteiger partial charge in [-0.25, -0.2) is 13.6 Å². The number of aromatic nitrogens is 2. The number of halogens is 2. The number of rotatable bonds is 5. The Kier molecular flexibility index (Phi) is 6.81. The summed E-state index contributed by atoms with van der Waals surface area (Å²) < 4.78 is 37.0. The second-order valence-electron chi connectivity index (χ2n) is 12.2. The van der Waals surface area contributed by atoms with Crippen LogP contribution in [0, 0.1) is 11.3 Å². The molecule has 2 saturated heterocycles. The van der Waals surface area contributed by atoms with Gasteiger partial charge in [0, 0.05) is 63.7 Å². The quantitative estimate of drug-likeness (QED) is 0.627. The zero-order valence-corrected chi connectivity index (χ0v) is 22.2. The number of carbonyl (C=O) groups excluding carboxylic acids is 1. The molecular formula is C26H42F2N6O2. The van der Waals surface area contributed by atoms with Crippen molar-refractivity contribution in [3.8, 4) is 0 Å². The fraction of sp³-hybridized carbons (Fsp3) is 0.885. The molecule has 3 heterocycles. The highest BCUT2D eigenvalue weighted by atomic mass is 19.3. The molecule has 8 nitrogen and oxygen atoms in total. The van der Waals surface area contributed by atoms with Crippen LogP contribution >= 0.6 is 0 Å². The van der Waals surface area contributed by atoms with E-state index >= 15 is 8.78 Å². The van der Waals surface area contributed by atoms with Gasteiger partial charge in [-0.05, 0) is 62.9 Å². The Morgan fingerprint density at radius 2 is 1.75 bits per heavy atom. The summed E-state index contributed by atoms with van der Waals surface area (Å²) in [6, 6.07) is 0.0865. The van der Waals surface area contributed by atoms with Crippen molar-refractivity contribution in [2.75, 3.05) is 44.6 Å². The van der Waals surface area contributed by atoms with Crippen LogP contribution in [0.25, 0.3) is 0 Å². The largest absolute Gasteiger partial charge is 0.337 e. The minimum absolute atomic E-state index is 0.0627. The number of piperidine rings is 1. The van der Waals surface area contributed by atoms with Crippen LogP contribution in [0.4, 0.5) is 19.5 Å². The van der Waals surface area contributed by atoms with Gasteiger partial charge in [0.2, 0.25) is 5.89 Å². The first-order valence-corrected chi connectivity index (χ1v) is 13.8. The number of carbonyl (C=O) groups is 1. The highest BCUT2D eigenvalue weighted by Gasteiger charge is 2.74. The standard InChI is InChI=1S/C26H42F2N6O2/c1-18(2)32-13-15-33(16-14-32)19-9-8-10-26(27,28)20(19)24(3)17-25(24,4)21-29-22(31-36-21)30-23(35)34-11-6-5-7-12-34/h18-20H,5-17H2,1-4H3,(H,30,31,35)/t19-,20-,24-,25-/m0/s1. The molecule has 2 aliphatic carbocycles. The summed E-state index contributed by atoms with van der Waals surface area (Å²) in [6.45, 7) is 13.3. The number of likely N-dealkylation sites (tertiary alicyclic amines) is 1. The van der Waals surface area contributed by atoms with Gasteiger partial charge in [-0.1, -0.05) is 13.8 Å². The molecule has 4 atom stereocenters. The smallest absolute Gasteiger partial charge is 0.324 e.